The van der Waals surface area contributed by atoms with Crippen LogP contribution in [0.2, 0.25) is 0 Å². The fourth-order valence-electron chi connectivity index (χ4n) is 1.55. The first-order chi connectivity index (χ1) is 9.90. The van der Waals surface area contributed by atoms with Crippen LogP contribution in [0.4, 0.5) is 4.79 Å². The average Bonchev–Trinajstić information content (AvgIpc) is 2.42. The molecule has 0 aromatic heterocycles. The first-order valence-electron chi connectivity index (χ1n) is 6.20. The standard InChI is InChI=1S/C14H16ClNO4S/c1-2-3-9-13(11-21(15,18)19)16-14(17)20-10-12-7-5-4-6-8-12/h4-8,13H,9-11H2,1H3,(H,16,17). The van der Waals surface area contributed by atoms with E-state index in [0.29, 0.717) is 0 Å². The Labute approximate surface area is 129 Å². The minimum atomic E-state index is -3.73. The molecule has 0 heterocycles. The van der Waals surface area contributed by atoms with Crippen LogP contribution in [-0.4, -0.2) is 26.3 Å². The van der Waals surface area contributed by atoms with E-state index in [1.54, 1.807) is 6.92 Å². The Morgan fingerprint density at radius 1 is 1.38 bits per heavy atom. The lowest BCUT2D eigenvalue weighted by atomic mass is 10.2. The first-order valence-corrected chi connectivity index (χ1v) is 8.67. The molecule has 1 atom stereocenters. The van der Waals surface area contributed by atoms with Crippen LogP contribution in [-0.2, 0) is 20.4 Å². The highest BCUT2D eigenvalue weighted by Gasteiger charge is 2.19. The number of hydrogen-bond donors (Lipinski definition) is 1. The number of halogens is 1. The maximum atomic E-state index is 11.7. The molecule has 21 heavy (non-hydrogen) atoms. The molecule has 0 fully saturated rings. The second-order valence-corrected chi connectivity index (χ2v) is 7.06. The van der Waals surface area contributed by atoms with E-state index in [0.717, 1.165) is 5.56 Å². The fraction of sp³-hybridized carbons (Fsp3) is 0.357. The van der Waals surface area contributed by atoms with Gasteiger partial charge in [0.1, 0.15) is 6.61 Å². The zero-order chi connectivity index (χ0) is 15.7. The summed E-state index contributed by atoms with van der Waals surface area (Å²) < 4.78 is 27.2. The van der Waals surface area contributed by atoms with E-state index in [4.69, 9.17) is 15.4 Å². The van der Waals surface area contributed by atoms with Gasteiger partial charge < -0.3 is 10.1 Å². The summed E-state index contributed by atoms with van der Waals surface area (Å²) in [6.45, 7) is 1.73. The highest BCUT2D eigenvalue weighted by Crippen LogP contribution is 2.05. The molecule has 0 radical (unpaired) electrons. The quantitative estimate of drug-likeness (QED) is 0.642. The normalized spacial score (nSPS) is 11.9. The van der Waals surface area contributed by atoms with Crippen LogP contribution in [0, 0.1) is 11.8 Å². The van der Waals surface area contributed by atoms with E-state index in [1.807, 2.05) is 30.3 Å². The molecule has 1 aromatic rings. The molecule has 0 saturated carbocycles. The summed E-state index contributed by atoms with van der Waals surface area (Å²) in [5.74, 6) is 4.94. The van der Waals surface area contributed by atoms with E-state index < -0.39 is 26.9 Å². The Balaban J connectivity index is 2.52. The molecule has 1 rings (SSSR count). The number of carbonyl (C=O) groups excluding carboxylic acids is 1. The van der Waals surface area contributed by atoms with E-state index >= 15 is 0 Å². The van der Waals surface area contributed by atoms with Crippen LogP contribution in [0.15, 0.2) is 30.3 Å². The molecule has 0 saturated heterocycles. The van der Waals surface area contributed by atoms with Crippen molar-refractivity contribution < 1.29 is 17.9 Å². The lowest BCUT2D eigenvalue weighted by Crippen LogP contribution is -2.39. The van der Waals surface area contributed by atoms with Gasteiger partial charge in [-0.15, -0.1) is 11.8 Å². The van der Waals surface area contributed by atoms with E-state index in [-0.39, 0.29) is 13.0 Å². The summed E-state index contributed by atoms with van der Waals surface area (Å²) in [6.07, 6.45) is -0.523. The molecule has 1 amide bonds. The molecule has 1 aromatic carbocycles. The summed E-state index contributed by atoms with van der Waals surface area (Å²) in [6, 6.07) is 8.44. The molecule has 0 bridgehead atoms. The van der Waals surface area contributed by atoms with E-state index in [1.165, 1.54) is 0 Å². The molecule has 0 aliphatic heterocycles. The van der Waals surface area contributed by atoms with Gasteiger partial charge in [0, 0.05) is 17.1 Å². The Morgan fingerprint density at radius 3 is 2.62 bits per heavy atom. The summed E-state index contributed by atoms with van der Waals surface area (Å²) in [4.78, 5) is 11.7. The number of ether oxygens (including phenoxy) is 1. The van der Waals surface area contributed by atoms with Crippen LogP contribution < -0.4 is 5.32 Å². The largest absolute Gasteiger partial charge is 0.445 e. The monoisotopic (exact) mass is 329 g/mol. The molecule has 7 heteroatoms. The predicted molar refractivity (Wildman–Crippen MR) is 81.3 cm³/mol. The van der Waals surface area contributed by atoms with Crippen molar-refractivity contribution in [3.63, 3.8) is 0 Å². The average molecular weight is 330 g/mol. The minimum Gasteiger partial charge on any atom is -0.445 e. The molecule has 0 spiro atoms. The highest BCUT2D eigenvalue weighted by molar-refractivity contribution is 8.13. The summed E-state index contributed by atoms with van der Waals surface area (Å²) in [7, 11) is 1.46. The molecular weight excluding hydrogens is 314 g/mol. The number of rotatable bonds is 6. The van der Waals surface area contributed by atoms with Gasteiger partial charge in [0.25, 0.3) is 0 Å². The SMILES string of the molecule is CC#CCC(CS(=O)(=O)Cl)NC(=O)OCc1ccccc1. The zero-order valence-electron chi connectivity index (χ0n) is 11.5. The number of alkyl carbamates (subject to hydrolysis) is 1. The van der Waals surface area contributed by atoms with Crippen molar-refractivity contribution in [1.29, 1.82) is 0 Å². The van der Waals surface area contributed by atoms with Crippen molar-refractivity contribution in [3.8, 4) is 11.8 Å². The van der Waals surface area contributed by atoms with Crippen molar-refractivity contribution in [2.45, 2.75) is 26.0 Å². The van der Waals surface area contributed by atoms with Gasteiger partial charge in [-0.25, -0.2) is 13.2 Å². The topological polar surface area (TPSA) is 72.5 Å². The van der Waals surface area contributed by atoms with Crippen molar-refractivity contribution in [1.82, 2.24) is 5.32 Å². The maximum Gasteiger partial charge on any atom is 0.407 e. The third kappa shape index (κ3) is 8.23. The van der Waals surface area contributed by atoms with Crippen molar-refractivity contribution in [2.75, 3.05) is 5.75 Å². The Morgan fingerprint density at radius 2 is 2.05 bits per heavy atom. The van der Waals surface area contributed by atoms with Crippen molar-refractivity contribution in [2.24, 2.45) is 0 Å². The van der Waals surface area contributed by atoms with Crippen LogP contribution in [0.25, 0.3) is 0 Å². The Hall–Kier alpha value is -1.71. The molecule has 5 nitrogen and oxygen atoms in total. The van der Waals surface area contributed by atoms with Gasteiger partial charge in [-0.2, -0.15) is 0 Å². The second kappa shape index (κ2) is 8.55. The van der Waals surface area contributed by atoms with Gasteiger partial charge in [0.2, 0.25) is 9.05 Å². The lowest BCUT2D eigenvalue weighted by Gasteiger charge is -2.14. The number of nitrogens with one attached hydrogen (secondary N) is 1. The summed E-state index contributed by atoms with van der Waals surface area (Å²) >= 11 is 0. The molecule has 0 aliphatic carbocycles. The van der Waals surface area contributed by atoms with Crippen LogP contribution in [0.5, 0.6) is 0 Å². The Kier molecular flexibility index (Phi) is 7.06. The fourth-order valence-corrected chi connectivity index (χ4v) is 2.69. The highest BCUT2D eigenvalue weighted by atomic mass is 35.7. The molecular formula is C14H16ClNO4S. The van der Waals surface area contributed by atoms with Gasteiger partial charge in [-0.05, 0) is 12.5 Å². The summed E-state index contributed by atoms with van der Waals surface area (Å²) in [5.41, 5.74) is 0.836. The number of carbonyl (C=O) groups is 1. The van der Waals surface area contributed by atoms with Gasteiger partial charge in [0.15, 0.2) is 0 Å². The molecule has 1 unspecified atom stereocenters. The smallest absolute Gasteiger partial charge is 0.407 e. The van der Waals surface area contributed by atoms with Crippen LogP contribution in [0.3, 0.4) is 0 Å². The van der Waals surface area contributed by atoms with Crippen molar-refractivity contribution in [3.05, 3.63) is 35.9 Å². The Bertz CT molecular complexity index is 619. The second-order valence-electron chi connectivity index (χ2n) is 4.24. The zero-order valence-corrected chi connectivity index (χ0v) is 13.1. The number of benzene rings is 1. The van der Waals surface area contributed by atoms with Gasteiger partial charge in [0.05, 0.1) is 11.8 Å². The van der Waals surface area contributed by atoms with Crippen LogP contribution in [0.1, 0.15) is 18.9 Å². The van der Waals surface area contributed by atoms with Crippen LogP contribution >= 0.6 is 10.7 Å². The van der Waals surface area contributed by atoms with E-state index in [2.05, 4.69) is 17.2 Å². The molecule has 0 aliphatic rings. The maximum absolute atomic E-state index is 11.7. The number of hydrogen-bond acceptors (Lipinski definition) is 4. The predicted octanol–water partition coefficient (Wildman–Crippen LogP) is 2.26. The van der Waals surface area contributed by atoms with Gasteiger partial charge in [-0.1, -0.05) is 30.3 Å². The van der Waals surface area contributed by atoms with Crippen molar-refractivity contribution >= 4 is 25.8 Å². The van der Waals surface area contributed by atoms with Gasteiger partial charge >= 0.3 is 6.09 Å². The minimum absolute atomic E-state index is 0.104. The summed E-state index contributed by atoms with van der Waals surface area (Å²) in [5, 5.41) is 2.45. The molecule has 114 valence electrons. The first kappa shape index (κ1) is 17.3. The van der Waals surface area contributed by atoms with E-state index in [9.17, 15) is 13.2 Å². The number of amides is 1. The van der Waals surface area contributed by atoms with Gasteiger partial charge in [-0.3, -0.25) is 0 Å². The lowest BCUT2D eigenvalue weighted by molar-refractivity contribution is 0.136. The third-order valence-electron chi connectivity index (χ3n) is 2.46. The molecule has 1 N–H and O–H groups in total. The third-order valence-corrected chi connectivity index (χ3v) is 3.64.